The number of benzene rings is 2. The molecule has 172 valence electrons. The van der Waals surface area contributed by atoms with Gasteiger partial charge in [0.1, 0.15) is 11.5 Å². The number of halogens is 1. The van der Waals surface area contributed by atoms with Crippen LogP contribution in [0.5, 0.6) is 0 Å². The summed E-state index contributed by atoms with van der Waals surface area (Å²) in [6.07, 6.45) is 1.13. The number of amides is 1. The molecular formula is C25H26ClN3O4. The molecule has 7 nitrogen and oxygen atoms in total. The zero-order valence-electron chi connectivity index (χ0n) is 18.9. The van der Waals surface area contributed by atoms with Crippen molar-refractivity contribution in [3.8, 4) is 11.3 Å². The molecule has 2 aromatic carbocycles. The first kappa shape index (κ1) is 24.1. The molecule has 0 saturated carbocycles. The number of nitrogens with one attached hydrogen (secondary N) is 2. The molecule has 33 heavy (non-hydrogen) atoms. The zero-order valence-corrected chi connectivity index (χ0v) is 19.7. The Labute approximate surface area is 197 Å². The van der Waals surface area contributed by atoms with Crippen molar-refractivity contribution in [1.82, 2.24) is 5.43 Å². The lowest BCUT2D eigenvalue weighted by Crippen LogP contribution is -2.25. The summed E-state index contributed by atoms with van der Waals surface area (Å²) in [7, 11) is 0. The molecule has 0 saturated heterocycles. The number of ether oxygens (including phenoxy) is 1. The van der Waals surface area contributed by atoms with E-state index in [1.54, 1.807) is 44.2 Å². The molecule has 0 bridgehead atoms. The number of hydrazone groups is 1. The third-order valence-electron chi connectivity index (χ3n) is 4.78. The molecule has 0 spiro atoms. The van der Waals surface area contributed by atoms with Crippen molar-refractivity contribution in [2.45, 2.75) is 33.8 Å². The molecule has 8 heteroatoms. The van der Waals surface area contributed by atoms with Crippen molar-refractivity contribution in [3.05, 3.63) is 76.0 Å². The second kappa shape index (κ2) is 10.8. The van der Waals surface area contributed by atoms with Gasteiger partial charge < -0.3 is 14.5 Å². The quantitative estimate of drug-likeness (QED) is 0.265. The van der Waals surface area contributed by atoms with Crippen LogP contribution in [0.2, 0.25) is 5.02 Å². The maximum atomic E-state index is 12.4. The van der Waals surface area contributed by atoms with E-state index in [9.17, 15) is 9.59 Å². The van der Waals surface area contributed by atoms with Gasteiger partial charge in [-0.3, -0.25) is 4.79 Å². The summed E-state index contributed by atoms with van der Waals surface area (Å²) in [5, 5.41) is 7.45. The Kier molecular flexibility index (Phi) is 7.90. The Morgan fingerprint density at radius 1 is 1.09 bits per heavy atom. The highest BCUT2D eigenvalue weighted by molar-refractivity contribution is 6.31. The van der Waals surface area contributed by atoms with Crippen LogP contribution < -0.4 is 10.7 Å². The van der Waals surface area contributed by atoms with Crippen LogP contribution in [0.1, 0.15) is 41.1 Å². The molecule has 0 aliphatic rings. The minimum atomic E-state index is -0.466. The maximum Gasteiger partial charge on any atom is 0.339 e. The predicted octanol–water partition coefficient (Wildman–Crippen LogP) is 5.34. The van der Waals surface area contributed by atoms with Gasteiger partial charge in [0.2, 0.25) is 0 Å². The van der Waals surface area contributed by atoms with E-state index in [-0.39, 0.29) is 18.6 Å². The van der Waals surface area contributed by atoms with Gasteiger partial charge in [-0.1, -0.05) is 17.7 Å². The fourth-order valence-electron chi connectivity index (χ4n) is 2.98. The summed E-state index contributed by atoms with van der Waals surface area (Å²) in [4.78, 5) is 24.5. The second-order valence-electron chi connectivity index (χ2n) is 7.79. The monoisotopic (exact) mass is 467 g/mol. The summed E-state index contributed by atoms with van der Waals surface area (Å²) in [5.74, 6) is 0.0598. The number of furan rings is 1. The first-order valence-electron chi connectivity index (χ1n) is 10.5. The summed E-state index contributed by atoms with van der Waals surface area (Å²) < 4.78 is 11.1. The van der Waals surface area contributed by atoms with Gasteiger partial charge >= 0.3 is 5.97 Å². The number of carbonyl (C=O) groups is 2. The predicted molar refractivity (Wildman–Crippen MR) is 130 cm³/mol. The van der Waals surface area contributed by atoms with E-state index in [1.807, 2.05) is 32.0 Å². The van der Waals surface area contributed by atoms with Gasteiger partial charge in [-0.25, -0.2) is 10.2 Å². The third kappa shape index (κ3) is 6.70. The SMILES string of the molecule is Cc1ccc(NCC(=O)N/N=C\c2ccc(-c3cc(Cl)ccc3C(=O)OC(C)C)o2)cc1C. The molecule has 3 aromatic rings. The van der Waals surface area contributed by atoms with E-state index in [4.69, 9.17) is 20.8 Å². The third-order valence-corrected chi connectivity index (χ3v) is 5.01. The van der Waals surface area contributed by atoms with Crippen molar-refractivity contribution >= 4 is 35.4 Å². The van der Waals surface area contributed by atoms with E-state index >= 15 is 0 Å². The van der Waals surface area contributed by atoms with E-state index in [0.29, 0.717) is 27.7 Å². The standard InChI is InChI=1S/C25H26ClN3O4/c1-15(2)32-25(31)21-9-6-18(26)12-22(21)23-10-8-20(33-23)13-28-29-24(30)14-27-19-7-5-16(3)17(4)11-19/h5-13,15,27H,14H2,1-4H3,(H,29,30)/b28-13-. The van der Waals surface area contributed by atoms with Gasteiger partial charge in [-0.2, -0.15) is 5.10 Å². The fraction of sp³-hybridized carbons (Fsp3) is 0.240. The normalized spacial score (nSPS) is 11.1. The summed E-state index contributed by atoms with van der Waals surface area (Å²) in [6.45, 7) is 7.68. The van der Waals surface area contributed by atoms with Crippen LogP contribution in [0.25, 0.3) is 11.3 Å². The topological polar surface area (TPSA) is 92.9 Å². The van der Waals surface area contributed by atoms with Crippen LogP contribution in [0, 0.1) is 13.8 Å². The lowest BCUT2D eigenvalue weighted by molar-refractivity contribution is -0.119. The first-order chi connectivity index (χ1) is 15.7. The van der Waals surface area contributed by atoms with Gasteiger partial charge in [0.15, 0.2) is 0 Å². The number of carbonyl (C=O) groups excluding carboxylic acids is 2. The lowest BCUT2D eigenvalue weighted by Gasteiger charge is -2.11. The molecule has 0 radical (unpaired) electrons. The lowest BCUT2D eigenvalue weighted by atomic mass is 10.1. The highest BCUT2D eigenvalue weighted by Gasteiger charge is 2.18. The molecular weight excluding hydrogens is 442 g/mol. The summed E-state index contributed by atoms with van der Waals surface area (Å²) >= 11 is 6.12. The molecule has 0 aliphatic heterocycles. The first-order valence-corrected chi connectivity index (χ1v) is 10.8. The maximum absolute atomic E-state index is 12.4. The molecule has 0 fully saturated rings. The summed E-state index contributed by atoms with van der Waals surface area (Å²) in [5.41, 5.74) is 6.50. The van der Waals surface area contributed by atoms with Crippen molar-refractivity contribution < 1.29 is 18.7 Å². The van der Waals surface area contributed by atoms with Crippen LogP contribution in [0.4, 0.5) is 5.69 Å². The number of aryl methyl sites for hydroxylation is 2. The fourth-order valence-corrected chi connectivity index (χ4v) is 3.16. The van der Waals surface area contributed by atoms with Crippen molar-refractivity contribution in [2.75, 3.05) is 11.9 Å². The Balaban J connectivity index is 1.62. The molecule has 1 aromatic heterocycles. The van der Waals surface area contributed by atoms with Crippen LogP contribution in [0.3, 0.4) is 0 Å². The molecule has 1 heterocycles. The van der Waals surface area contributed by atoms with Gasteiger partial charge in [-0.15, -0.1) is 0 Å². The van der Waals surface area contributed by atoms with Crippen molar-refractivity contribution in [3.63, 3.8) is 0 Å². The van der Waals surface area contributed by atoms with Crippen molar-refractivity contribution in [1.29, 1.82) is 0 Å². The molecule has 3 rings (SSSR count). The number of rotatable bonds is 8. The number of nitrogens with zero attached hydrogens (tertiary/aromatic N) is 1. The van der Waals surface area contributed by atoms with Gasteiger partial charge in [0.05, 0.1) is 24.4 Å². The number of hydrogen-bond acceptors (Lipinski definition) is 6. The second-order valence-corrected chi connectivity index (χ2v) is 8.23. The van der Waals surface area contributed by atoms with Gasteiger partial charge in [-0.05, 0) is 81.3 Å². The Bertz CT molecular complexity index is 1180. The Morgan fingerprint density at radius 2 is 1.88 bits per heavy atom. The summed E-state index contributed by atoms with van der Waals surface area (Å²) in [6, 6.07) is 14.1. The van der Waals surface area contributed by atoms with E-state index in [1.165, 1.54) is 11.8 Å². The molecule has 0 atom stereocenters. The average molecular weight is 468 g/mol. The Hall–Kier alpha value is -3.58. The highest BCUT2D eigenvalue weighted by atomic mass is 35.5. The van der Waals surface area contributed by atoms with Crippen LogP contribution in [-0.2, 0) is 9.53 Å². The van der Waals surface area contributed by atoms with E-state index < -0.39 is 5.97 Å². The smallest absolute Gasteiger partial charge is 0.339 e. The highest BCUT2D eigenvalue weighted by Crippen LogP contribution is 2.29. The van der Waals surface area contributed by atoms with Crippen LogP contribution in [-0.4, -0.2) is 30.7 Å². The number of hydrogen-bond donors (Lipinski definition) is 2. The van der Waals surface area contributed by atoms with Gasteiger partial charge in [0, 0.05) is 16.3 Å². The molecule has 0 aliphatic carbocycles. The van der Waals surface area contributed by atoms with E-state index in [0.717, 1.165) is 11.3 Å². The van der Waals surface area contributed by atoms with Crippen LogP contribution in [0.15, 0.2) is 58.0 Å². The average Bonchev–Trinajstić information content (AvgIpc) is 3.23. The Morgan fingerprint density at radius 3 is 2.61 bits per heavy atom. The number of esters is 1. The van der Waals surface area contributed by atoms with Gasteiger partial charge in [0.25, 0.3) is 5.91 Å². The zero-order chi connectivity index (χ0) is 24.0. The van der Waals surface area contributed by atoms with Crippen molar-refractivity contribution in [2.24, 2.45) is 5.10 Å². The minimum absolute atomic E-state index is 0.0765. The van der Waals surface area contributed by atoms with Crippen LogP contribution >= 0.6 is 11.6 Å². The van der Waals surface area contributed by atoms with E-state index in [2.05, 4.69) is 15.8 Å². The largest absolute Gasteiger partial charge is 0.459 e. The molecule has 1 amide bonds. The molecule has 2 N–H and O–H groups in total. The molecule has 0 unspecified atom stereocenters. The number of anilines is 1. The minimum Gasteiger partial charge on any atom is -0.459 e.